The highest BCUT2D eigenvalue weighted by Gasteiger charge is 2.44. The minimum absolute atomic E-state index is 0.0480. The number of hydrogen-bond donors (Lipinski definition) is 2. The van der Waals surface area contributed by atoms with E-state index in [0.717, 1.165) is 12.0 Å². The smallest absolute Gasteiger partial charge is 0.407 e. The molecule has 2 aromatic rings. The second-order valence-electron chi connectivity index (χ2n) is 11.0. The van der Waals surface area contributed by atoms with Crippen molar-refractivity contribution in [2.75, 3.05) is 26.4 Å². The highest BCUT2D eigenvalue weighted by molar-refractivity contribution is 7.89. The van der Waals surface area contributed by atoms with Gasteiger partial charge in [0.2, 0.25) is 10.0 Å². The molecule has 228 valence electrons. The molecule has 5 rings (SSSR count). The molecule has 0 aliphatic carbocycles. The Balaban J connectivity index is 1.36. The van der Waals surface area contributed by atoms with Gasteiger partial charge in [-0.25, -0.2) is 13.2 Å². The first kappa shape index (κ1) is 30.4. The molecule has 0 radical (unpaired) electrons. The lowest BCUT2D eigenvalue weighted by Crippen LogP contribution is -2.52. The number of rotatable bonds is 11. The minimum atomic E-state index is -4.14. The van der Waals surface area contributed by atoms with Gasteiger partial charge in [-0.15, -0.1) is 0 Å². The molecule has 0 spiro atoms. The SMILES string of the molecule is CCC(C)N(C[C@@H](O)[C@H](Cc1ccccc1)NC(=O)OC1CO[C@H]2OCCC12)S(=O)(=O)c1ccc2c(c1)C(=O)CCO2. The monoisotopic (exact) mass is 602 g/mol. The number of carbonyl (C=O) groups is 2. The zero-order valence-electron chi connectivity index (χ0n) is 23.8. The second-order valence-corrected chi connectivity index (χ2v) is 12.9. The first-order valence-corrected chi connectivity index (χ1v) is 15.9. The number of benzene rings is 2. The number of Topliss-reactive ketones (excluding diaryl/α,β-unsaturated/α-hetero) is 1. The summed E-state index contributed by atoms with van der Waals surface area (Å²) in [5, 5.41) is 14.3. The number of amides is 1. The third kappa shape index (κ3) is 6.63. The Morgan fingerprint density at radius 3 is 2.71 bits per heavy atom. The average Bonchev–Trinajstić information content (AvgIpc) is 3.61. The lowest BCUT2D eigenvalue weighted by molar-refractivity contribution is -0.0907. The van der Waals surface area contributed by atoms with Crippen LogP contribution in [-0.2, 0) is 30.7 Å². The number of alkyl carbamates (subject to hydrolysis) is 1. The van der Waals surface area contributed by atoms with Crippen LogP contribution < -0.4 is 10.1 Å². The summed E-state index contributed by atoms with van der Waals surface area (Å²) >= 11 is 0. The molecule has 0 saturated carbocycles. The summed E-state index contributed by atoms with van der Waals surface area (Å²) in [6.45, 7) is 4.34. The number of ether oxygens (including phenoxy) is 4. The van der Waals surface area contributed by atoms with E-state index < -0.39 is 40.4 Å². The highest BCUT2D eigenvalue weighted by atomic mass is 32.2. The highest BCUT2D eigenvalue weighted by Crippen LogP contribution is 2.33. The van der Waals surface area contributed by atoms with E-state index in [1.807, 2.05) is 37.3 Å². The van der Waals surface area contributed by atoms with Gasteiger partial charge in [0.25, 0.3) is 0 Å². The van der Waals surface area contributed by atoms with Gasteiger partial charge in [-0.1, -0.05) is 37.3 Å². The Labute approximate surface area is 246 Å². The van der Waals surface area contributed by atoms with Gasteiger partial charge in [0.05, 0.1) is 48.3 Å². The molecular formula is C30H38N2O9S. The topological polar surface area (TPSA) is 141 Å². The van der Waals surface area contributed by atoms with Gasteiger partial charge in [0, 0.05) is 19.0 Å². The van der Waals surface area contributed by atoms with E-state index in [1.54, 1.807) is 6.92 Å². The first-order valence-electron chi connectivity index (χ1n) is 14.4. The quantitative estimate of drug-likeness (QED) is 0.397. The van der Waals surface area contributed by atoms with Crippen LogP contribution in [0, 0.1) is 5.92 Å². The lowest BCUT2D eigenvalue weighted by atomic mass is 10.0. The molecule has 6 atom stereocenters. The number of carbonyl (C=O) groups excluding carboxylic acids is 2. The molecule has 3 heterocycles. The minimum Gasteiger partial charge on any atom is -0.492 e. The van der Waals surface area contributed by atoms with Crippen LogP contribution in [0.2, 0.25) is 0 Å². The van der Waals surface area contributed by atoms with Gasteiger partial charge in [-0.3, -0.25) is 4.79 Å². The third-order valence-corrected chi connectivity index (χ3v) is 10.2. The normalized spacial score (nSPS) is 23.9. The molecule has 2 saturated heterocycles. The fourth-order valence-corrected chi connectivity index (χ4v) is 7.34. The maximum absolute atomic E-state index is 13.9. The van der Waals surface area contributed by atoms with Crippen molar-refractivity contribution in [3.8, 4) is 5.75 Å². The third-order valence-electron chi connectivity index (χ3n) is 8.20. The molecule has 11 nitrogen and oxygen atoms in total. The van der Waals surface area contributed by atoms with Gasteiger partial charge in [-0.05, 0) is 49.9 Å². The predicted octanol–water partition coefficient (Wildman–Crippen LogP) is 2.90. The average molecular weight is 603 g/mol. The molecule has 2 aromatic carbocycles. The Kier molecular flexibility index (Phi) is 9.48. The van der Waals surface area contributed by atoms with E-state index in [-0.39, 0.29) is 61.1 Å². The van der Waals surface area contributed by atoms with E-state index in [4.69, 9.17) is 18.9 Å². The Morgan fingerprint density at radius 2 is 1.95 bits per heavy atom. The van der Waals surface area contributed by atoms with E-state index in [2.05, 4.69) is 5.32 Å². The van der Waals surface area contributed by atoms with Gasteiger partial charge in [0.1, 0.15) is 11.9 Å². The summed E-state index contributed by atoms with van der Waals surface area (Å²) in [6, 6.07) is 12.2. The zero-order chi connectivity index (χ0) is 29.9. The zero-order valence-corrected chi connectivity index (χ0v) is 24.6. The van der Waals surface area contributed by atoms with E-state index in [1.165, 1.54) is 22.5 Å². The van der Waals surface area contributed by atoms with Crippen LogP contribution in [0.25, 0.3) is 0 Å². The molecule has 42 heavy (non-hydrogen) atoms. The molecule has 2 N–H and O–H groups in total. The van der Waals surface area contributed by atoms with Gasteiger partial charge in [0.15, 0.2) is 12.1 Å². The number of nitrogens with one attached hydrogen (secondary N) is 1. The number of aliphatic hydroxyl groups is 1. The summed E-state index contributed by atoms with van der Waals surface area (Å²) in [4.78, 5) is 25.4. The van der Waals surface area contributed by atoms with Gasteiger partial charge < -0.3 is 29.4 Å². The fraction of sp³-hybridized carbons (Fsp3) is 0.533. The molecule has 0 aromatic heterocycles. The van der Waals surface area contributed by atoms with Crippen LogP contribution in [0.4, 0.5) is 4.79 Å². The Morgan fingerprint density at radius 1 is 1.17 bits per heavy atom. The number of fused-ring (bicyclic) bond motifs is 2. The van der Waals surface area contributed by atoms with Crippen molar-refractivity contribution in [1.82, 2.24) is 9.62 Å². The Hall–Kier alpha value is -3.03. The molecule has 3 aliphatic rings. The lowest BCUT2D eigenvalue weighted by Gasteiger charge is -2.33. The van der Waals surface area contributed by atoms with Gasteiger partial charge >= 0.3 is 6.09 Å². The predicted molar refractivity (Wildman–Crippen MR) is 152 cm³/mol. The summed E-state index contributed by atoms with van der Waals surface area (Å²) in [6.07, 6.45) is -1.24. The van der Waals surface area contributed by atoms with Crippen molar-refractivity contribution >= 4 is 21.9 Å². The fourth-order valence-electron chi connectivity index (χ4n) is 5.59. The van der Waals surface area contributed by atoms with Crippen LogP contribution in [0.3, 0.4) is 0 Å². The van der Waals surface area contributed by atoms with Crippen molar-refractivity contribution in [3.05, 3.63) is 59.7 Å². The van der Waals surface area contributed by atoms with Crippen LogP contribution in [0.1, 0.15) is 49.0 Å². The number of ketones is 1. The number of hydrogen-bond acceptors (Lipinski definition) is 9. The molecule has 1 amide bonds. The van der Waals surface area contributed by atoms with Crippen LogP contribution in [0.5, 0.6) is 5.75 Å². The molecule has 0 bridgehead atoms. The first-order chi connectivity index (χ1) is 20.2. The molecule has 3 unspecified atom stereocenters. The summed E-state index contributed by atoms with van der Waals surface area (Å²) in [7, 11) is -4.14. The van der Waals surface area contributed by atoms with Crippen molar-refractivity contribution < 1.29 is 42.1 Å². The number of aliphatic hydroxyl groups excluding tert-OH is 1. The summed E-state index contributed by atoms with van der Waals surface area (Å²) in [5.74, 6) is 0.125. The standard InChI is InChI=1S/C30H38N2O9S/c1-3-19(2)32(42(36,37)21-9-10-27-23(16-21)25(33)12-14-38-27)17-26(34)24(15-20-7-5-4-6-8-20)31-30(35)41-28-18-40-29-22(28)11-13-39-29/h4-10,16,19,22,24,26,28-29,34H,3,11-15,17-18H2,1-2H3,(H,31,35)/t19?,22?,24-,26+,28?,29+/m0/s1. The van der Waals surface area contributed by atoms with Crippen LogP contribution in [0.15, 0.2) is 53.4 Å². The summed E-state index contributed by atoms with van der Waals surface area (Å²) < 4.78 is 51.3. The largest absolute Gasteiger partial charge is 0.492 e. The number of nitrogens with zero attached hydrogens (tertiary/aromatic N) is 1. The van der Waals surface area contributed by atoms with Crippen molar-refractivity contribution in [1.29, 1.82) is 0 Å². The van der Waals surface area contributed by atoms with Gasteiger partial charge in [-0.2, -0.15) is 4.31 Å². The van der Waals surface area contributed by atoms with Crippen LogP contribution in [-0.4, -0.2) is 86.7 Å². The number of sulfonamides is 1. The second kappa shape index (κ2) is 13.1. The maximum Gasteiger partial charge on any atom is 0.407 e. The van der Waals surface area contributed by atoms with E-state index in [9.17, 15) is 23.1 Å². The van der Waals surface area contributed by atoms with Crippen molar-refractivity contribution in [3.63, 3.8) is 0 Å². The summed E-state index contributed by atoms with van der Waals surface area (Å²) in [5.41, 5.74) is 1.07. The molecule has 12 heteroatoms. The van der Waals surface area contributed by atoms with Crippen molar-refractivity contribution in [2.24, 2.45) is 5.92 Å². The van der Waals surface area contributed by atoms with E-state index in [0.29, 0.717) is 18.8 Å². The molecule has 2 fully saturated rings. The van der Waals surface area contributed by atoms with Crippen molar-refractivity contribution in [2.45, 2.75) is 75.0 Å². The Bertz CT molecular complexity index is 1370. The van der Waals surface area contributed by atoms with Crippen LogP contribution >= 0.6 is 0 Å². The maximum atomic E-state index is 13.9. The van der Waals surface area contributed by atoms with E-state index >= 15 is 0 Å². The molecular weight excluding hydrogens is 564 g/mol. The molecule has 3 aliphatic heterocycles.